The maximum absolute atomic E-state index is 11.6. The van der Waals surface area contributed by atoms with E-state index in [4.69, 9.17) is 10.3 Å². The number of hydrogen-bond acceptors (Lipinski definition) is 5. The van der Waals surface area contributed by atoms with Crippen LogP contribution in [0, 0.1) is 5.92 Å². The van der Waals surface area contributed by atoms with Crippen LogP contribution in [0.15, 0.2) is 16.7 Å². The molecule has 0 radical (unpaired) electrons. The van der Waals surface area contributed by atoms with Gasteiger partial charge in [-0.15, -0.1) is 0 Å². The summed E-state index contributed by atoms with van der Waals surface area (Å²) in [6.07, 6.45) is 4.54. The summed E-state index contributed by atoms with van der Waals surface area (Å²) in [5, 5.41) is 0. The van der Waals surface area contributed by atoms with Crippen molar-refractivity contribution in [2.75, 3.05) is 12.3 Å². The number of aromatic nitrogens is 4. The predicted molar refractivity (Wildman–Crippen MR) is 83.2 cm³/mol. The van der Waals surface area contributed by atoms with Gasteiger partial charge in [-0.2, -0.15) is 4.98 Å². The molecule has 2 aromatic heterocycles. The molecule has 2 heterocycles. The van der Waals surface area contributed by atoms with E-state index in [1.54, 1.807) is 10.9 Å². The highest BCUT2D eigenvalue weighted by Gasteiger charge is 2.30. The van der Waals surface area contributed by atoms with Crippen molar-refractivity contribution in [3.8, 4) is 0 Å². The van der Waals surface area contributed by atoms with Crippen LogP contribution in [0.25, 0.3) is 17.4 Å². The quantitative estimate of drug-likeness (QED) is 0.609. The number of nitrogens with two attached hydrogens (primary N) is 1. The lowest BCUT2D eigenvalue weighted by Gasteiger charge is -1.97. The van der Waals surface area contributed by atoms with Gasteiger partial charge in [0.2, 0.25) is 5.95 Å². The van der Waals surface area contributed by atoms with Crippen molar-refractivity contribution >= 4 is 51.8 Å². The SMILES string of the molecule is Nc1nc2c(ncn2/C=C2/CC2COPI)c(=O)[nH]1. The largest absolute Gasteiger partial charge is 0.369 e. The Labute approximate surface area is 123 Å². The van der Waals surface area contributed by atoms with Gasteiger partial charge in [-0.05, 0) is 34.0 Å². The lowest BCUT2D eigenvalue weighted by molar-refractivity contribution is 0.354. The van der Waals surface area contributed by atoms with Gasteiger partial charge in [-0.25, -0.2) is 4.98 Å². The lowest BCUT2D eigenvalue weighted by Crippen LogP contribution is -2.11. The third-order valence-electron chi connectivity index (χ3n) is 2.94. The third-order valence-corrected chi connectivity index (χ3v) is 4.15. The Hall–Kier alpha value is -0.990. The minimum absolute atomic E-state index is 0.0967. The molecular weight excluding hydrogens is 380 g/mol. The fourth-order valence-electron chi connectivity index (χ4n) is 1.90. The van der Waals surface area contributed by atoms with Crippen molar-refractivity contribution in [1.82, 2.24) is 19.5 Å². The number of nitrogen functional groups attached to an aromatic ring is 1. The number of anilines is 1. The van der Waals surface area contributed by atoms with E-state index in [0.717, 1.165) is 13.0 Å². The lowest BCUT2D eigenvalue weighted by atomic mass is 10.4. The number of imidazole rings is 1. The Morgan fingerprint density at radius 2 is 2.58 bits per heavy atom. The topological polar surface area (TPSA) is 98.8 Å². The molecule has 2 atom stereocenters. The fraction of sp³-hybridized carbons (Fsp3) is 0.300. The molecule has 2 aromatic rings. The molecule has 1 saturated carbocycles. The van der Waals surface area contributed by atoms with Crippen LogP contribution in [0.4, 0.5) is 5.95 Å². The molecule has 1 fully saturated rings. The van der Waals surface area contributed by atoms with Crippen molar-refractivity contribution in [2.24, 2.45) is 5.92 Å². The maximum Gasteiger partial charge on any atom is 0.280 e. The first-order valence-electron chi connectivity index (χ1n) is 5.59. The second kappa shape index (κ2) is 5.18. The summed E-state index contributed by atoms with van der Waals surface area (Å²) in [7, 11) is 0. The van der Waals surface area contributed by atoms with Gasteiger partial charge in [-0.1, -0.05) is 0 Å². The van der Waals surface area contributed by atoms with E-state index in [2.05, 4.69) is 37.0 Å². The van der Waals surface area contributed by atoms with E-state index in [1.165, 1.54) is 5.57 Å². The number of hydrogen-bond donors (Lipinski definition) is 2. The zero-order chi connectivity index (χ0) is 13.4. The van der Waals surface area contributed by atoms with Crippen LogP contribution in [0.5, 0.6) is 0 Å². The van der Waals surface area contributed by atoms with Gasteiger partial charge in [-0.3, -0.25) is 14.3 Å². The van der Waals surface area contributed by atoms with Gasteiger partial charge >= 0.3 is 0 Å². The zero-order valence-electron chi connectivity index (χ0n) is 9.76. The van der Waals surface area contributed by atoms with E-state index in [-0.39, 0.29) is 11.5 Å². The van der Waals surface area contributed by atoms with Crippen LogP contribution in [0.2, 0.25) is 0 Å². The average Bonchev–Trinajstić information content (AvgIpc) is 2.98. The van der Waals surface area contributed by atoms with Gasteiger partial charge in [0, 0.05) is 12.1 Å². The van der Waals surface area contributed by atoms with Crippen LogP contribution in [0.1, 0.15) is 6.42 Å². The van der Waals surface area contributed by atoms with Gasteiger partial charge in [0.25, 0.3) is 5.56 Å². The van der Waals surface area contributed by atoms with E-state index in [1.807, 2.05) is 6.20 Å². The monoisotopic (exact) mass is 391 g/mol. The number of halogens is 1. The normalized spacial score (nSPS) is 20.9. The molecule has 19 heavy (non-hydrogen) atoms. The molecule has 100 valence electrons. The first kappa shape index (κ1) is 13.0. The molecule has 3 N–H and O–H groups in total. The Morgan fingerprint density at radius 1 is 1.74 bits per heavy atom. The number of aromatic amines is 1. The third kappa shape index (κ3) is 2.65. The van der Waals surface area contributed by atoms with Crippen molar-refractivity contribution in [1.29, 1.82) is 0 Å². The Morgan fingerprint density at radius 3 is 3.37 bits per heavy atom. The first-order valence-corrected chi connectivity index (χ1v) is 9.61. The molecule has 1 aliphatic carbocycles. The van der Waals surface area contributed by atoms with Crippen LogP contribution in [0.3, 0.4) is 0 Å². The predicted octanol–water partition coefficient (Wildman–Crippen LogP) is 1.52. The van der Waals surface area contributed by atoms with Crippen LogP contribution < -0.4 is 11.3 Å². The molecular formula is C10H11IN5O2P. The minimum atomic E-state index is -0.318. The van der Waals surface area contributed by atoms with Gasteiger partial charge < -0.3 is 10.3 Å². The van der Waals surface area contributed by atoms with Gasteiger partial charge in [0.05, 0.1) is 13.1 Å². The van der Waals surface area contributed by atoms with Crippen LogP contribution in [-0.4, -0.2) is 26.1 Å². The number of fused-ring (bicyclic) bond motifs is 1. The standard InChI is InChI=1S/C10H11IN5O2P/c11-19-18-3-6-1-5(6)2-16-4-13-7-8(16)14-10(12)15-9(7)17/h2,4,6,19H,1,3H2,(H3,12,14,15,17)/b5-2-. The van der Waals surface area contributed by atoms with Gasteiger partial charge in [0.1, 0.15) is 6.33 Å². The fourth-order valence-corrected chi connectivity index (χ4v) is 2.70. The molecule has 1 aliphatic rings. The minimum Gasteiger partial charge on any atom is -0.369 e. The summed E-state index contributed by atoms with van der Waals surface area (Å²) in [5.41, 5.74) is 7.28. The summed E-state index contributed by atoms with van der Waals surface area (Å²) in [4.78, 5) is 22.2. The number of rotatable bonds is 4. The van der Waals surface area contributed by atoms with Gasteiger partial charge in [0.15, 0.2) is 11.2 Å². The Balaban J connectivity index is 1.91. The van der Waals surface area contributed by atoms with E-state index in [0.29, 0.717) is 23.5 Å². The summed E-state index contributed by atoms with van der Waals surface area (Å²) >= 11 is 2.21. The summed E-state index contributed by atoms with van der Waals surface area (Å²) < 4.78 is 7.13. The molecule has 3 rings (SSSR count). The number of H-pyrrole nitrogens is 1. The van der Waals surface area contributed by atoms with Crippen LogP contribution >= 0.6 is 28.5 Å². The number of nitrogens with one attached hydrogen (secondary N) is 1. The van der Waals surface area contributed by atoms with Crippen molar-refractivity contribution < 1.29 is 4.52 Å². The number of nitrogens with zero attached hydrogens (tertiary/aromatic N) is 3. The average molecular weight is 391 g/mol. The van der Waals surface area contributed by atoms with Crippen molar-refractivity contribution in [2.45, 2.75) is 6.42 Å². The smallest absolute Gasteiger partial charge is 0.280 e. The second-order valence-electron chi connectivity index (χ2n) is 4.27. The Bertz CT molecular complexity index is 709. The summed E-state index contributed by atoms with van der Waals surface area (Å²) in [5.74, 6) is 0.568. The van der Waals surface area contributed by atoms with E-state index >= 15 is 0 Å². The highest BCUT2D eigenvalue weighted by atomic mass is 127. The molecule has 0 spiro atoms. The summed E-state index contributed by atoms with van der Waals surface area (Å²) in [6, 6.07) is 0. The molecule has 9 heteroatoms. The highest BCUT2D eigenvalue weighted by molar-refractivity contribution is 14.2. The first-order chi connectivity index (χ1) is 9.19. The molecule has 0 aromatic carbocycles. The summed E-state index contributed by atoms with van der Waals surface area (Å²) in [6.45, 7) is 1.23. The van der Waals surface area contributed by atoms with Crippen molar-refractivity contribution in [3.63, 3.8) is 0 Å². The zero-order valence-corrected chi connectivity index (χ0v) is 12.9. The molecule has 7 nitrogen and oxygen atoms in total. The maximum atomic E-state index is 11.6. The molecule has 0 bridgehead atoms. The van der Waals surface area contributed by atoms with Crippen LogP contribution in [-0.2, 0) is 4.52 Å². The van der Waals surface area contributed by atoms with Crippen molar-refractivity contribution in [3.05, 3.63) is 22.3 Å². The second-order valence-corrected chi connectivity index (χ2v) is 6.03. The molecule has 0 amide bonds. The molecule has 0 saturated heterocycles. The molecule has 2 unspecified atom stereocenters. The molecule has 0 aliphatic heterocycles. The Kier molecular flexibility index (Phi) is 3.55. The van der Waals surface area contributed by atoms with E-state index in [9.17, 15) is 4.79 Å². The van der Waals surface area contributed by atoms with E-state index < -0.39 is 0 Å². The highest BCUT2D eigenvalue weighted by Crippen LogP contribution is 2.40.